The van der Waals surface area contributed by atoms with Crippen molar-refractivity contribution in [2.45, 2.75) is 24.9 Å². The van der Waals surface area contributed by atoms with Crippen molar-refractivity contribution in [1.29, 1.82) is 0 Å². The van der Waals surface area contributed by atoms with Crippen LogP contribution in [0.1, 0.15) is 18.2 Å². The number of aliphatic hydroxyl groups is 2. The van der Waals surface area contributed by atoms with Crippen molar-refractivity contribution in [2.75, 3.05) is 12.3 Å². The standard InChI is InChI=1S/C14H16N4O5/c15-13-12-7(1-2-11(21)22)4-18(14(12)17-6-16-13)10-3-8(20)9(5-19)23-10/h1-2,4,6,8-10,19-20H,3,5H2,(H,21,22)(H2,15,16,17)/b2-1+/t8-,9+,10+/m0/s1. The molecule has 0 bridgehead atoms. The third-order valence-corrected chi connectivity index (χ3v) is 3.77. The number of ether oxygens (including phenoxy) is 1. The maximum Gasteiger partial charge on any atom is 0.328 e. The minimum atomic E-state index is -1.09. The number of anilines is 1. The van der Waals surface area contributed by atoms with Gasteiger partial charge in [0.15, 0.2) is 0 Å². The van der Waals surface area contributed by atoms with Crippen LogP contribution in [0, 0.1) is 0 Å². The third-order valence-electron chi connectivity index (χ3n) is 3.77. The summed E-state index contributed by atoms with van der Waals surface area (Å²) in [4.78, 5) is 18.8. The minimum absolute atomic E-state index is 0.219. The molecule has 3 rings (SSSR count). The van der Waals surface area contributed by atoms with Crippen molar-refractivity contribution in [1.82, 2.24) is 14.5 Å². The maximum absolute atomic E-state index is 10.7. The van der Waals surface area contributed by atoms with Gasteiger partial charge in [0.2, 0.25) is 0 Å². The lowest BCUT2D eigenvalue weighted by Crippen LogP contribution is -2.24. The molecule has 5 N–H and O–H groups in total. The Bertz CT molecular complexity index is 772. The Balaban J connectivity index is 2.08. The molecule has 3 atom stereocenters. The summed E-state index contributed by atoms with van der Waals surface area (Å²) in [5, 5.41) is 28.4. The quantitative estimate of drug-likeness (QED) is 0.565. The van der Waals surface area contributed by atoms with Gasteiger partial charge in [-0.1, -0.05) is 0 Å². The van der Waals surface area contributed by atoms with E-state index in [1.165, 1.54) is 12.4 Å². The van der Waals surface area contributed by atoms with Crippen LogP contribution in [-0.4, -0.2) is 54.6 Å². The van der Waals surface area contributed by atoms with E-state index in [0.717, 1.165) is 6.08 Å². The molecule has 3 heterocycles. The summed E-state index contributed by atoms with van der Waals surface area (Å²) in [6.45, 7) is -0.292. The second-order valence-corrected chi connectivity index (χ2v) is 5.24. The lowest BCUT2D eigenvalue weighted by Gasteiger charge is -2.14. The van der Waals surface area contributed by atoms with Crippen LogP contribution in [0.4, 0.5) is 5.82 Å². The van der Waals surface area contributed by atoms with Crippen LogP contribution in [0.2, 0.25) is 0 Å². The Morgan fingerprint density at radius 2 is 2.30 bits per heavy atom. The molecule has 1 fully saturated rings. The number of hydrogen-bond donors (Lipinski definition) is 4. The van der Waals surface area contributed by atoms with E-state index in [4.69, 9.17) is 15.6 Å². The smallest absolute Gasteiger partial charge is 0.328 e. The van der Waals surface area contributed by atoms with Gasteiger partial charge in [0, 0.05) is 24.3 Å². The molecule has 1 aliphatic rings. The van der Waals surface area contributed by atoms with Crippen LogP contribution >= 0.6 is 0 Å². The number of carboxylic acids is 1. The molecule has 1 aliphatic heterocycles. The zero-order valence-corrected chi connectivity index (χ0v) is 12.0. The first kappa shape index (κ1) is 15.4. The van der Waals surface area contributed by atoms with Gasteiger partial charge in [-0.05, 0) is 6.08 Å². The van der Waals surface area contributed by atoms with Crippen LogP contribution < -0.4 is 5.73 Å². The fourth-order valence-electron chi connectivity index (χ4n) is 2.69. The van der Waals surface area contributed by atoms with E-state index in [-0.39, 0.29) is 18.8 Å². The predicted octanol–water partition coefficient (Wildman–Crippen LogP) is -0.248. The maximum atomic E-state index is 10.7. The first-order chi connectivity index (χ1) is 11.0. The van der Waals surface area contributed by atoms with Gasteiger partial charge < -0.3 is 30.4 Å². The average molecular weight is 320 g/mol. The SMILES string of the molecule is Nc1ncnc2c1c(/C=C/C(=O)O)cn2[C@H]1C[C@H](O)[C@@H](CO)O1. The van der Waals surface area contributed by atoms with Crippen LogP contribution in [-0.2, 0) is 9.53 Å². The number of carboxylic acid groups (broad SMARTS) is 1. The Hall–Kier alpha value is -2.49. The molecule has 0 spiro atoms. The van der Waals surface area contributed by atoms with E-state index in [9.17, 15) is 15.0 Å². The van der Waals surface area contributed by atoms with Gasteiger partial charge in [-0.25, -0.2) is 14.8 Å². The van der Waals surface area contributed by atoms with E-state index >= 15 is 0 Å². The summed E-state index contributed by atoms with van der Waals surface area (Å²) in [6.07, 6.45) is 3.61. The van der Waals surface area contributed by atoms with Gasteiger partial charge >= 0.3 is 5.97 Å². The van der Waals surface area contributed by atoms with Crippen molar-refractivity contribution in [3.8, 4) is 0 Å². The fourth-order valence-corrected chi connectivity index (χ4v) is 2.69. The number of rotatable bonds is 4. The molecule has 0 aromatic carbocycles. The van der Waals surface area contributed by atoms with Crippen molar-refractivity contribution in [2.24, 2.45) is 0 Å². The first-order valence-electron chi connectivity index (χ1n) is 6.97. The predicted molar refractivity (Wildman–Crippen MR) is 80.2 cm³/mol. The summed E-state index contributed by atoms with van der Waals surface area (Å²) in [5.41, 5.74) is 6.88. The zero-order chi connectivity index (χ0) is 16.6. The normalized spacial score (nSPS) is 24.7. The number of nitrogens with two attached hydrogens (primary N) is 1. The molecule has 0 radical (unpaired) electrons. The van der Waals surface area contributed by atoms with E-state index < -0.39 is 24.4 Å². The van der Waals surface area contributed by atoms with Crippen molar-refractivity contribution in [3.63, 3.8) is 0 Å². The van der Waals surface area contributed by atoms with Crippen LogP contribution in [0.15, 0.2) is 18.6 Å². The Labute approximate surface area is 130 Å². The number of fused-ring (bicyclic) bond motifs is 1. The molecule has 9 heteroatoms. The van der Waals surface area contributed by atoms with Crippen LogP contribution in [0.3, 0.4) is 0 Å². The van der Waals surface area contributed by atoms with Crippen LogP contribution in [0.5, 0.6) is 0 Å². The lowest BCUT2D eigenvalue weighted by atomic mass is 10.2. The molecule has 2 aromatic rings. The third kappa shape index (κ3) is 2.77. The van der Waals surface area contributed by atoms with Gasteiger partial charge in [-0.3, -0.25) is 0 Å². The molecule has 2 aromatic heterocycles. The van der Waals surface area contributed by atoms with Crippen molar-refractivity contribution >= 4 is 28.9 Å². The minimum Gasteiger partial charge on any atom is -0.478 e. The topological polar surface area (TPSA) is 144 Å². The number of aliphatic carboxylic acids is 1. The van der Waals surface area contributed by atoms with Gasteiger partial charge in [0.05, 0.1) is 18.1 Å². The molecule has 1 saturated heterocycles. The highest BCUT2D eigenvalue weighted by molar-refractivity contribution is 5.97. The Kier molecular flexibility index (Phi) is 3.99. The first-order valence-corrected chi connectivity index (χ1v) is 6.97. The average Bonchev–Trinajstić information content (AvgIpc) is 3.06. The molecular formula is C14H16N4O5. The highest BCUT2D eigenvalue weighted by atomic mass is 16.5. The van der Waals surface area contributed by atoms with Gasteiger partial charge in [-0.2, -0.15) is 0 Å². The van der Waals surface area contributed by atoms with Crippen LogP contribution in [0.25, 0.3) is 17.1 Å². The molecule has 23 heavy (non-hydrogen) atoms. The number of carbonyl (C=O) groups is 1. The van der Waals surface area contributed by atoms with E-state index in [0.29, 0.717) is 16.6 Å². The fraction of sp³-hybridized carbons (Fsp3) is 0.357. The number of aromatic nitrogens is 3. The van der Waals surface area contributed by atoms with E-state index in [1.54, 1.807) is 10.8 Å². The monoisotopic (exact) mass is 320 g/mol. The summed E-state index contributed by atoms with van der Waals surface area (Å²) in [7, 11) is 0. The molecule has 0 aliphatic carbocycles. The van der Waals surface area contributed by atoms with E-state index in [2.05, 4.69) is 9.97 Å². The summed E-state index contributed by atoms with van der Waals surface area (Å²) in [5.74, 6) is -0.870. The van der Waals surface area contributed by atoms with Crippen molar-refractivity contribution in [3.05, 3.63) is 24.2 Å². The summed E-state index contributed by atoms with van der Waals surface area (Å²) < 4.78 is 7.28. The molecular weight excluding hydrogens is 304 g/mol. The van der Waals surface area contributed by atoms with Gasteiger partial charge in [0.25, 0.3) is 0 Å². The van der Waals surface area contributed by atoms with E-state index in [1.807, 2.05) is 0 Å². The Morgan fingerprint density at radius 3 is 2.96 bits per heavy atom. The number of hydrogen-bond acceptors (Lipinski definition) is 7. The number of aliphatic hydroxyl groups excluding tert-OH is 2. The molecule has 9 nitrogen and oxygen atoms in total. The number of nitrogen functional groups attached to an aromatic ring is 1. The lowest BCUT2D eigenvalue weighted by molar-refractivity contribution is -0.131. The Morgan fingerprint density at radius 1 is 1.52 bits per heavy atom. The zero-order valence-electron chi connectivity index (χ0n) is 12.0. The number of nitrogens with zero attached hydrogens (tertiary/aromatic N) is 3. The largest absolute Gasteiger partial charge is 0.478 e. The highest BCUT2D eigenvalue weighted by Crippen LogP contribution is 2.34. The summed E-state index contributed by atoms with van der Waals surface area (Å²) in [6, 6.07) is 0. The second kappa shape index (κ2) is 5.95. The van der Waals surface area contributed by atoms with Gasteiger partial charge in [0.1, 0.15) is 30.1 Å². The van der Waals surface area contributed by atoms with Crippen molar-refractivity contribution < 1.29 is 24.9 Å². The molecule has 0 unspecified atom stereocenters. The molecule has 0 saturated carbocycles. The molecule has 122 valence electrons. The second-order valence-electron chi connectivity index (χ2n) is 5.24. The van der Waals surface area contributed by atoms with Gasteiger partial charge in [-0.15, -0.1) is 0 Å². The molecule has 0 amide bonds. The summed E-state index contributed by atoms with van der Waals surface area (Å²) >= 11 is 0. The highest BCUT2D eigenvalue weighted by Gasteiger charge is 2.35.